The van der Waals surface area contributed by atoms with Gasteiger partial charge < -0.3 is 5.32 Å². The van der Waals surface area contributed by atoms with Crippen LogP contribution >= 0.6 is 35.0 Å². The minimum absolute atomic E-state index is 0.0663. The van der Waals surface area contributed by atoms with E-state index in [4.69, 9.17) is 23.2 Å². The number of aromatic nitrogens is 1. The number of aryl methyl sites for hydroxylation is 1. The van der Waals surface area contributed by atoms with Crippen molar-refractivity contribution < 1.29 is 4.79 Å². The van der Waals surface area contributed by atoms with Gasteiger partial charge in [0.2, 0.25) is 5.91 Å². The first-order valence-electron chi connectivity index (χ1n) is 7.77. The number of pyridine rings is 1. The van der Waals surface area contributed by atoms with Crippen LogP contribution in [0.5, 0.6) is 0 Å². The van der Waals surface area contributed by atoms with Gasteiger partial charge in [-0.05, 0) is 42.8 Å². The Labute approximate surface area is 160 Å². The molecule has 1 amide bonds. The van der Waals surface area contributed by atoms with Crippen LogP contribution in [0.3, 0.4) is 0 Å². The Morgan fingerprint density at radius 3 is 2.72 bits per heavy atom. The van der Waals surface area contributed by atoms with Gasteiger partial charge in [0.1, 0.15) is 0 Å². The lowest BCUT2D eigenvalue weighted by Gasteiger charge is -2.07. The molecule has 1 aromatic heterocycles. The number of thioether (sulfide) groups is 1. The Morgan fingerprint density at radius 2 is 1.92 bits per heavy atom. The number of rotatable bonds is 5. The molecule has 3 rings (SSSR count). The number of carbonyl (C=O) groups excluding carboxylic acids is 1. The second kappa shape index (κ2) is 8.09. The average Bonchev–Trinajstić information content (AvgIpc) is 2.58. The molecule has 0 bridgehead atoms. The molecule has 3 nitrogen and oxygen atoms in total. The quantitative estimate of drug-likeness (QED) is 0.545. The Bertz CT molecular complexity index is 930. The topological polar surface area (TPSA) is 42.0 Å². The summed E-state index contributed by atoms with van der Waals surface area (Å²) < 4.78 is 0. The zero-order valence-corrected chi connectivity index (χ0v) is 15.9. The zero-order valence-electron chi connectivity index (χ0n) is 13.6. The van der Waals surface area contributed by atoms with Crippen molar-refractivity contribution in [3.05, 3.63) is 64.1 Å². The SMILES string of the molecule is Cc1cc(SCCC(=O)Nc2ccc(Cl)c(Cl)c2)nc2ccccc12. The van der Waals surface area contributed by atoms with Crippen LogP contribution in [0.4, 0.5) is 5.69 Å². The van der Waals surface area contributed by atoms with Gasteiger partial charge in [-0.2, -0.15) is 0 Å². The first kappa shape index (κ1) is 18.1. The van der Waals surface area contributed by atoms with Crippen molar-refractivity contribution in [2.24, 2.45) is 0 Å². The second-order valence-electron chi connectivity index (χ2n) is 5.57. The van der Waals surface area contributed by atoms with E-state index in [1.165, 1.54) is 5.56 Å². The first-order chi connectivity index (χ1) is 12.0. The molecule has 0 aliphatic heterocycles. The number of hydrogen-bond donors (Lipinski definition) is 1. The Hall–Kier alpha value is -1.75. The van der Waals surface area contributed by atoms with Crippen LogP contribution in [0.15, 0.2) is 53.6 Å². The number of anilines is 1. The maximum absolute atomic E-state index is 12.1. The largest absolute Gasteiger partial charge is 0.326 e. The van der Waals surface area contributed by atoms with E-state index >= 15 is 0 Å². The summed E-state index contributed by atoms with van der Waals surface area (Å²) >= 11 is 13.4. The maximum Gasteiger partial charge on any atom is 0.225 e. The van der Waals surface area contributed by atoms with Crippen LogP contribution in [0.2, 0.25) is 10.0 Å². The fraction of sp³-hybridized carbons (Fsp3) is 0.158. The first-order valence-corrected chi connectivity index (χ1v) is 9.51. The monoisotopic (exact) mass is 390 g/mol. The molecule has 2 aromatic carbocycles. The van der Waals surface area contributed by atoms with E-state index in [-0.39, 0.29) is 5.91 Å². The fourth-order valence-corrected chi connectivity index (χ4v) is 3.66. The molecular weight excluding hydrogens is 375 g/mol. The van der Waals surface area contributed by atoms with Gasteiger partial charge >= 0.3 is 0 Å². The van der Waals surface area contributed by atoms with Crippen molar-refractivity contribution in [2.45, 2.75) is 18.4 Å². The number of benzene rings is 2. The van der Waals surface area contributed by atoms with Gasteiger partial charge in [-0.25, -0.2) is 4.98 Å². The molecule has 0 saturated carbocycles. The van der Waals surface area contributed by atoms with Crippen molar-refractivity contribution >= 4 is 57.5 Å². The Morgan fingerprint density at radius 1 is 1.12 bits per heavy atom. The van der Waals surface area contributed by atoms with Gasteiger partial charge in [-0.15, -0.1) is 11.8 Å². The van der Waals surface area contributed by atoms with E-state index in [0.717, 1.165) is 15.9 Å². The minimum atomic E-state index is -0.0663. The predicted octanol–water partition coefficient (Wildman–Crippen LogP) is 5.97. The third-order valence-corrected chi connectivity index (χ3v) is 5.33. The molecule has 0 fully saturated rings. The molecule has 6 heteroatoms. The standard InChI is InChI=1S/C19H16Cl2N2OS/c1-12-10-19(23-17-5-3-2-4-14(12)17)25-9-8-18(24)22-13-6-7-15(20)16(21)11-13/h2-7,10-11H,8-9H2,1H3,(H,22,24). The van der Waals surface area contributed by atoms with E-state index in [1.54, 1.807) is 30.0 Å². The predicted molar refractivity (Wildman–Crippen MR) is 107 cm³/mol. The van der Waals surface area contributed by atoms with Gasteiger partial charge in [-0.3, -0.25) is 4.79 Å². The smallest absolute Gasteiger partial charge is 0.225 e. The number of nitrogens with zero attached hydrogens (tertiary/aromatic N) is 1. The maximum atomic E-state index is 12.1. The van der Waals surface area contributed by atoms with E-state index in [0.29, 0.717) is 27.9 Å². The van der Waals surface area contributed by atoms with Crippen molar-refractivity contribution in [1.29, 1.82) is 0 Å². The molecule has 25 heavy (non-hydrogen) atoms. The third-order valence-electron chi connectivity index (χ3n) is 3.68. The summed E-state index contributed by atoms with van der Waals surface area (Å²) in [7, 11) is 0. The van der Waals surface area contributed by atoms with Crippen LogP contribution in [-0.2, 0) is 4.79 Å². The highest BCUT2D eigenvalue weighted by molar-refractivity contribution is 7.99. The van der Waals surface area contributed by atoms with Crippen molar-refractivity contribution in [3.63, 3.8) is 0 Å². The molecular formula is C19H16Cl2N2OS. The van der Waals surface area contributed by atoms with Gasteiger partial charge in [0, 0.05) is 23.2 Å². The lowest BCUT2D eigenvalue weighted by molar-refractivity contribution is -0.115. The molecule has 0 unspecified atom stereocenters. The third kappa shape index (κ3) is 4.66. The van der Waals surface area contributed by atoms with Crippen LogP contribution in [0, 0.1) is 6.92 Å². The molecule has 0 radical (unpaired) electrons. The number of nitrogens with one attached hydrogen (secondary N) is 1. The zero-order chi connectivity index (χ0) is 17.8. The molecule has 1 heterocycles. The summed E-state index contributed by atoms with van der Waals surface area (Å²) in [6.45, 7) is 2.07. The van der Waals surface area contributed by atoms with Crippen molar-refractivity contribution in [1.82, 2.24) is 4.98 Å². The molecule has 128 valence electrons. The highest BCUT2D eigenvalue weighted by atomic mass is 35.5. The number of hydrogen-bond acceptors (Lipinski definition) is 3. The van der Waals surface area contributed by atoms with Crippen molar-refractivity contribution in [2.75, 3.05) is 11.1 Å². The van der Waals surface area contributed by atoms with Crippen LogP contribution in [-0.4, -0.2) is 16.6 Å². The highest BCUT2D eigenvalue weighted by Crippen LogP contribution is 2.26. The summed E-state index contributed by atoms with van der Waals surface area (Å²) in [5.74, 6) is 0.584. The molecule has 1 N–H and O–H groups in total. The van der Waals surface area contributed by atoms with E-state index < -0.39 is 0 Å². The van der Waals surface area contributed by atoms with E-state index in [1.807, 2.05) is 18.2 Å². The normalized spacial score (nSPS) is 10.8. The molecule has 0 saturated heterocycles. The summed E-state index contributed by atoms with van der Waals surface area (Å²) in [6, 6.07) is 15.2. The molecule has 0 aliphatic rings. The summed E-state index contributed by atoms with van der Waals surface area (Å²) in [5.41, 5.74) is 2.81. The van der Waals surface area contributed by atoms with Gasteiger partial charge in [0.05, 0.1) is 20.6 Å². The number of para-hydroxylation sites is 1. The van der Waals surface area contributed by atoms with E-state index in [9.17, 15) is 4.79 Å². The Kier molecular flexibility index (Phi) is 5.84. The molecule has 0 spiro atoms. The average molecular weight is 391 g/mol. The minimum Gasteiger partial charge on any atom is -0.326 e. The number of carbonyl (C=O) groups is 1. The number of amides is 1. The molecule has 0 aliphatic carbocycles. The van der Waals surface area contributed by atoms with Gasteiger partial charge in [0.15, 0.2) is 0 Å². The number of halogens is 2. The van der Waals surface area contributed by atoms with Crippen LogP contribution in [0.1, 0.15) is 12.0 Å². The molecule has 3 aromatic rings. The van der Waals surface area contributed by atoms with Crippen molar-refractivity contribution in [3.8, 4) is 0 Å². The molecule has 0 atom stereocenters. The van der Waals surface area contributed by atoms with E-state index in [2.05, 4.69) is 29.4 Å². The van der Waals surface area contributed by atoms with Crippen LogP contribution < -0.4 is 5.32 Å². The van der Waals surface area contributed by atoms with Gasteiger partial charge in [0.25, 0.3) is 0 Å². The fourth-order valence-electron chi connectivity index (χ4n) is 2.44. The summed E-state index contributed by atoms with van der Waals surface area (Å²) in [6.07, 6.45) is 0.387. The van der Waals surface area contributed by atoms with Crippen LogP contribution in [0.25, 0.3) is 10.9 Å². The van der Waals surface area contributed by atoms with Gasteiger partial charge in [-0.1, -0.05) is 41.4 Å². The lowest BCUT2D eigenvalue weighted by atomic mass is 10.1. The summed E-state index contributed by atoms with van der Waals surface area (Å²) in [5, 5.41) is 5.79. The summed E-state index contributed by atoms with van der Waals surface area (Å²) in [4.78, 5) is 16.7. The lowest BCUT2D eigenvalue weighted by Crippen LogP contribution is -2.12. The second-order valence-corrected chi connectivity index (χ2v) is 7.50. The number of fused-ring (bicyclic) bond motifs is 1. The Balaban J connectivity index is 1.57. The highest BCUT2D eigenvalue weighted by Gasteiger charge is 2.07.